The Hall–Kier alpha value is -1.53. The van der Waals surface area contributed by atoms with Gasteiger partial charge in [-0.2, -0.15) is 0 Å². The molecule has 1 aliphatic carbocycles. The van der Waals surface area contributed by atoms with Gasteiger partial charge >= 0.3 is 6.03 Å². The van der Waals surface area contributed by atoms with Crippen LogP contribution in [0.15, 0.2) is 47.1 Å². The van der Waals surface area contributed by atoms with E-state index in [4.69, 9.17) is 0 Å². The molecule has 1 atom stereocenters. The zero-order valence-electron chi connectivity index (χ0n) is 17.2. The first-order valence-electron chi connectivity index (χ1n) is 9.82. The molecule has 152 valence electrons. The standard InChI is InChI=1S/C22H31N3OS2/c1-16-7-9-17(10-8-16)22(11-5-6-12-22)15-23-20(26)25-18-14-24-21(2,28-4)13-19(18)27-3/h7-10,13-14,24H,5-6,11-12,15H2,1-4H3,(H2,23,25,26). The van der Waals surface area contributed by atoms with E-state index in [9.17, 15) is 4.79 Å². The van der Waals surface area contributed by atoms with E-state index >= 15 is 0 Å². The van der Waals surface area contributed by atoms with Crippen molar-refractivity contribution in [2.75, 3.05) is 19.1 Å². The summed E-state index contributed by atoms with van der Waals surface area (Å²) >= 11 is 3.39. The Morgan fingerprint density at radius 2 is 1.86 bits per heavy atom. The lowest BCUT2D eigenvalue weighted by molar-refractivity contribution is 0.239. The smallest absolute Gasteiger partial charge is 0.319 e. The molecule has 1 aromatic carbocycles. The Bertz CT molecular complexity index is 766. The molecule has 2 amide bonds. The first-order chi connectivity index (χ1) is 13.4. The van der Waals surface area contributed by atoms with Gasteiger partial charge < -0.3 is 16.0 Å². The Labute approximate surface area is 177 Å². The second kappa shape index (κ2) is 8.87. The molecule has 0 bridgehead atoms. The van der Waals surface area contributed by atoms with Crippen molar-refractivity contribution < 1.29 is 4.79 Å². The van der Waals surface area contributed by atoms with Gasteiger partial charge in [-0.1, -0.05) is 42.7 Å². The summed E-state index contributed by atoms with van der Waals surface area (Å²) < 4.78 is 0. The molecular weight excluding hydrogens is 386 g/mol. The molecule has 1 unspecified atom stereocenters. The molecule has 0 spiro atoms. The first kappa shape index (κ1) is 21.2. The number of hydrogen-bond donors (Lipinski definition) is 3. The lowest BCUT2D eigenvalue weighted by Gasteiger charge is -2.32. The van der Waals surface area contributed by atoms with Crippen molar-refractivity contribution in [2.24, 2.45) is 0 Å². The highest BCUT2D eigenvalue weighted by molar-refractivity contribution is 8.03. The van der Waals surface area contributed by atoms with Crippen LogP contribution in [0.3, 0.4) is 0 Å². The highest BCUT2D eigenvalue weighted by Crippen LogP contribution is 2.40. The van der Waals surface area contributed by atoms with Gasteiger partial charge in [-0.05, 0) is 50.8 Å². The molecule has 28 heavy (non-hydrogen) atoms. The van der Waals surface area contributed by atoms with Crippen LogP contribution in [0.2, 0.25) is 0 Å². The Morgan fingerprint density at radius 1 is 1.18 bits per heavy atom. The quantitative estimate of drug-likeness (QED) is 0.618. The third-order valence-electron chi connectivity index (χ3n) is 5.88. The van der Waals surface area contributed by atoms with E-state index in [-0.39, 0.29) is 16.3 Å². The Balaban J connectivity index is 1.64. The van der Waals surface area contributed by atoms with Gasteiger partial charge in [0.05, 0.1) is 10.6 Å². The molecule has 2 aliphatic rings. The number of benzene rings is 1. The predicted molar refractivity (Wildman–Crippen MR) is 123 cm³/mol. The number of carbonyl (C=O) groups excluding carboxylic acids is 1. The van der Waals surface area contributed by atoms with Crippen molar-refractivity contribution in [3.63, 3.8) is 0 Å². The number of thioether (sulfide) groups is 2. The Morgan fingerprint density at radius 3 is 2.46 bits per heavy atom. The maximum Gasteiger partial charge on any atom is 0.319 e. The molecule has 0 radical (unpaired) electrons. The van der Waals surface area contributed by atoms with Crippen molar-refractivity contribution >= 4 is 29.6 Å². The molecule has 3 rings (SSSR count). The fourth-order valence-corrected chi connectivity index (χ4v) is 5.15. The maximum absolute atomic E-state index is 12.7. The molecule has 0 saturated heterocycles. The van der Waals surface area contributed by atoms with Gasteiger partial charge in [-0.25, -0.2) is 4.79 Å². The molecule has 1 fully saturated rings. The van der Waals surface area contributed by atoms with E-state index in [1.165, 1.54) is 24.0 Å². The second-order valence-corrected chi connectivity index (χ2v) is 9.99. The fourth-order valence-electron chi connectivity index (χ4n) is 3.98. The van der Waals surface area contributed by atoms with Crippen molar-refractivity contribution in [1.29, 1.82) is 0 Å². The van der Waals surface area contributed by atoms with E-state index in [0.717, 1.165) is 23.4 Å². The monoisotopic (exact) mass is 417 g/mol. The van der Waals surface area contributed by atoms with Crippen LogP contribution in [-0.2, 0) is 5.41 Å². The summed E-state index contributed by atoms with van der Waals surface area (Å²) in [7, 11) is 0. The van der Waals surface area contributed by atoms with Gasteiger partial charge in [-0.15, -0.1) is 23.5 Å². The molecule has 1 aromatic rings. The van der Waals surface area contributed by atoms with Gasteiger partial charge in [0.2, 0.25) is 0 Å². The van der Waals surface area contributed by atoms with Gasteiger partial charge in [-0.3, -0.25) is 0 Å². The summed E-state index contributed by atoms with van der Waals surface area (Å²) in [4.78, 5) is 13.6. The number of nitrogens with one attached hydrogen (secondary N) is 3. The second-order valence-electron chi connectivity index (χ2n) is 7.89. The highest BCUT2D eigenvalue weighted by Gasteiger charge is 2.36. The van der Waals surface area contributed by atoms with Crippen molar-refractivity contribution in [2.45, 2.75) is 49.8 Å². The summed E-state index contributed by atoms with van der Waals surface area (Å²) in [5.74, 6) is 0. The maximum atomic E-state index is 12.7. The Kier molecular flexibility index (Phi) is 6.71. The van der Waals surface area contributed by atoms with Crippen LogP contribution in [0.25, 0.3) is 0 Å². The van der Waals surface area contributed by atoms with Crippen LogP contribution in [-0.4, -0.2) is 30.0 Å². The number of amides is 2. The molecule has 1 saturated carbocycles. The van der Waals surface area contributed by atoms with Gasteiger partial charge in [0.1, 0.15) is 0 Å². The minimum atomic E-state index is -0.140. The summed E-state index contributed by atoms with van der Waals surface area (Å²) in [6, 6.07) is 8.66. The van der Waals surface area contributed by atoms with E-state index in [1.807, 2.05) is 12.5 Å². The number of dihydropyridines is 1. The zero-order chi connectivity index (χ0) is 20.2. The van der Waals surface area contributed by atoms with Crippen LogP contribution in [0.5, 0.6) is 0 Å². The van der Waals surface area contributed by atoms with E-state index in [0.29, 0.717) is 6.54 Å². The third-order valence-corrected chi connectivity index (χ3v) is 7.74. The summed E-state index contributed by atoms with van der Waals surface area (Å²) in [5.41, 5.74) is 3.50. The first-order valence-corrected chi connectivity index (χ1v) is 12.3. The average Bonchev–Trinajstić information content (AvgIpc) is 3.18. The van der Waals surface area contributed by atoms with Gasteiger partial charge in [0.25, 0.3) is 0 Å². The van der Waals surface area contributed by atoms with Crippen LogP contribution in [0, 0.1) is 6.92 Å². The minimum Gasteiger partial charge on any atom is -0.372 e. The highest BCUT2D eigenvalue weighted by atomic mass is 32.2. The molecule has 3 N–H and O–H groups in total. The summed E-state index contributed by atoms with van der Waals surface area (Å²) in [6.07, 6.45) is 12.9. The summed E-state index contributed by atoms with van der Waals surface area (Å²) in [6.45, 7) is 4.91. The van der Waals surface area contributed by atoms with Crippen molar-refractivity contribution in [3.05, 3.63) is 58.3 Å². The average molecular weight is 418 g/mol. The third kappa shape index (κ3) is 4.71. The fraction of sp³-hybridized carbons (Fsp3) is 0.500. The number of carbonyl (C=O) groups is 1. The van der Waals surface area contributed by atoms with Crippen LogP contribution in [0.4, 0.5) is 4.79 Å². The number of aryl methyl sites for hydroxylation is 1. The minimum absolute atomic E-state index is 0.0554. The van der Waals surface area contributed by atoms with Crippen molar-refractivity contribution in [1.82, 2.24) is 16.0 Å². The lowest BCUT2D eigenvalue weighted by Crippen LogP contribution is -2.45. The van der Waals surface area contributed by atoms with E-state index in [2.05, 4.69) is 66.4 Å². The largest absolute Gasteiger partial charge is 0.372 e. The lowest BCUT2D eigenvalue weighted by atomic mass is 9.78. The van der Waals surface area contributed by atoms with Gasteiger partial charge in [0.15, 0.2) is 0 Å². The topological polar surface area (TPSA) is 53.2 Å². The number of urea groups is 1. The predicted octanol–water partition coefficient (Wildman–Crippen LogP) is 4.88. The van der Waals surface area contributed by atoms with E-state index < -0.39 is 0 Å². The molecule has 4 nitrogen and oxygen atoms in total. The van der Waals surface area contributed by atoms with Crippen molar-refractivity contribution in [3.8, 4) is 0 Å². The molecule has 1 aliphatic heterocycles. The molecular formula is C22H31N3OS2. The number of rotatable bonds is 6. The zero-order valence-corrected chi connectivity index (χ0v) is 18.9. The SMILES string of the molecule is CSC1=CC(C)(SC)NC=C1NC(=O)NCC1(c2ccc(C)cc2)CCCC1. The normalized spacial score (nSPS) is 23.4. The molecule has 1 heterocycles. The molecule has 6 heteroatoms. The van der Waals surface area contributed by atoms with Crippen LogP contribution in [0.1, 0.15) is 43.7 Å². The molecule has 0 aromatic heterocycles. The number of hydrogen-bond acceptors (Lipinski definition) is 4. The van der Waals surface area contributed by atoms with Gasteiger partial charge in [0, 0.05) is 23.1 Å². The van der Waals surface area contributed by atoms with Crippen LogP contribution >= 0.6 is 23.5 Å². The van der Waals surface area contributed by atoms with E-state index in [1.54, 1.807) is 23.5 Å². The van der Waals surface area contributed by atoms with Crippen LogP contribution < -0.4 is 16.0 Å². The summed E-state index contributed by atoms with van der Waals surface area (Å²) in [5, 5.41) is 9.55.